The number of aliphatic hydroxyl groups is 1. The fourth-order valence-electron chi connectivity index (χ4n) is 2.41. The molecule has 0 aliphatic carbocycles. The Morgan fingerprint density at radius 3 is 1.52 bits per heavy atom. The van der Waals surface area contributed by atoms with E-state index >= 15 is 0 Å². The maximum Gasteiger partial charge on any atom is 0.423 e. The van der Waals surface area contributed by atoms with Crippen LogP contribution < -0.4 is 0 Å². The second-order valence-electron chi connectivity index (χ2n) is 6.94. The molecular weight excluding hydrogens is 447 g/mol. The number of hydrogen-bond acceptors (Lipinski definition) is 2. The molecule has 1 atom stereocenters. The van der Waals surface area contributed by atoms with Crippen LogP contribution in [0.4, 0.5) is 39.5 Å². The first kappa shape index (κ1) is 31.7. The molecule has 31 heavy (non-hydrogen) atoms. The summed E-state index contributed by atoms with van der Waals surface area (Å²) in [4.78, 5) is 9.25. The van der Waals surface area contributed by atoms with Gasteiger partial charge in [0.1, 0.15) is 0 Å². The molecule has 0 amide bonds. The number of halogens is 9. The fraction of sp³-hybridized carbons (Fsp3) is 0.842. The Morgan fingerprint density at radius 2 is 1.19 bits per heavy atom. The van der Waals surface area contributed by atoms with Crippen LogP contribution in [0.15, 0.2) is 12.7 Å². The van der Waals surface area contributed by atoms with Crippen molar-refractivity contribution in [3.05, 3.63) is 12.7 Å². The molecule has 186 valence electrons. The highest BCUT2D eigenvalue weighted by Crippen LogP contribution is 2.53. The van der Waals surface area contributed by atoms with Crippen molar-refractivity contribution in [3.63, 3.8) is 0 Å². The monoisotopic (exact) mass is 476 g/mol. The van der Waals surface area contributed by atoms with Crippen LogP contribution in [0.1, 0.15) is 71.1 Å². The Labute approximate surface area is 175 Å². The number of rotatable bonds is 15. The van der Waals surface area contributed by atoms with Crippen LogP contribution in [0.25, 0.3) is 0 Å². The molecule has 0 aromatic rings. The van der Waals surface area contributed by atoms with Gasteiger partial charge in [-0.3, -0.25) is 0 Å². The highest BCUT2D eigenvalue weighted by molar-refractivity contribution is 5.78. The Bertz CT molecular complexity index is 520. The molecule has 12 heteroatoms. The molecular formula is C19H29F9O3. The Balaban J connectivity index is 0. The minimum Gasteiger partial charge on any atom is -0.478 e. The largest absolute Gasteiger partial charge is 0.478 e. The average Bonchev–Trinajstić information content (AvgIpc) is 2.65. The molecule has 0 aliphatic rings. The smallest absolute Gasteiger partial charge is 0.423 e. The predicted octanol–water partition coefficient (Wildman–Crippen LogP) is 6.99. The minimum absolute atomic E-state index is 0.225. The first-order valence-corrected chi connectivity index (χ1v) is 9.73. The summed E-state index contributed by atoms with van der Waals surface area (Å²) in [5, 5.41) is 15.4. The van der Waals surface area contributed by atoms with Crippen molar-refractivity contribution in [1.82, 2.24) is 0 Å². The second kappa shape index (κ2) is 13.8. The standard InChI is InChI=1S/C16H25F9O.C3H4O2/c1-2-3-4-5-6-7-8-9-10-11-12(17)13(18,19)14(20,21)15(22,23)16(24,25)26;1-2-3(4)5/h12,26H,2-11H2,1H3;2H,1H2,(H,4,5). The third kappa shape index (κ3) is 10.1. The number of unbranched alkanes of at least 4 members (excludes halogenated alkanes) is 8. The van der Waals surface area contributed by atoms with E-state index < -0.39 is 42.4 Å². The molecule has 1 unspecified atom stereocenters. The molecule has 3 nitrogen and oxygen atoms in total. The van der Waals surface area contributed by atoms with Gasteiger partial charge in [-0.1, -0.05) is 71.3 Å². The first-order chi connectivity index (χ1) is 14.0. The van der Waals surface area contributed by atoms with Crippen LogP contribution >= 0.6 is 0 Å². The summed E-state index contributed by atoms with van der Waals surface area (Å²) in [6.07, 6.45) is -4.21. The van der Waals surface area contributed by atoms with Crippen molar-refractivity contribution >= 4 is 5.97 Å². The van der Waals surface area contributed by atoms with Gasteiger partial charge in [0.2, 0.25) is 0 Å². The maximum atomic E-state index is 13.4. The van der Waals surface area contributed by atoms with Crippen LogP contribution in [0.2, 0.25) is 0 Å². The van der Waals surface area contributed by atoms with Gasteiger partial charge >= 0.3 is 29.8 Å². The quantitative estimate of drug-likeness (QED) is 0.152. The molecule has 0 rings (SSSR count). The van der Waals surface area contributed by atoms with Crippen LogP contribution in [-0.4, -0.2) is 46.2 Å². The highest BCUT2D eigenvalue weighted by Gasteiger charge is 2.82. The number of carboxylic acids is 1. The normalized spacial score (nSPS) is 13.9. The number of hydrogen-bond donors (Lipinski definition) is 2. The van der Waals surface area contributed by atoms with Gasteiger partial charge < -0.3 is 10.2 Å². The van der Waals surface area contributed by atoms with Crippen molar-refractivity contribution < 1.29 is 54.5 Å². The number of alkyl halides is 9. The van der Waals surface area contributed by atoms with E-state index in [0.717, 1.165) is 44.6 Å². The van der Waals surface area contributed by atoms with Crippen molar-refractivity contribution in [2.45, 2.75) is 101 Å². The summed E-state index contributed by atoms with van der Waals surface area (Å²) in [5.41, 5.74) is 0. The molecule has 0 aromatic carbocycles. The number of aliphatic carboxylic acids is 1. The molecule has 0 aromatic heterocycles. The SMILES string of the molecule is C=CC(=O)O.CCCCCCCCCCCC(F)C(F)(F)C(F)(F)C(F)(F)C(O)(F)F. The van der Waals surface area contributed by atoms with E-state index in [1.54, 1.807) is 0 Å². The van der Waals surface area contributed by atoms with Crippen molar-refractivity contribution in [3.8, 4) is 0 Å². The van der Waals surface area contributed by atoms with Gasteiger partial charge in [-0.05, 0) is 6.42 Å². The lowest BCUT2D eigenvalue weighted by atomic mass is 9.96. The van der Waals surface area contributed by atoms with E-state index in [2.05, 4.69) is 6.58 Å². The van der Waals surface area contributed by atoms with Crippen LogP contribution in [0.5, 0.6) is 0 Å². The summed E-state index contributed by atoms with van der Waals surface area (Å²) in [7, 11) is 0. The zero-order valence-corrected chi connectivity index (χ0v) is 17.1. The lowest BCUT2D eigenvalue weighted by Crippen LogP contribution is -2.64. The predicted molar refractivity (Wildman–Crippen MR) is 96.6 cm³/mol. The molecule has 0 spiro atoms. The van der Waals surface area contributed by atoms with Crippen molar-refractivity contribution in [1.29, 1.82) is 0 Å². The van der Waals surface area contributed by atoms with Gasteiger partial charge in [-0.15, -0.1) is 0 Å². The third-order valence-electron chi connectivity index (χ3n) is 4.32. The molecule has 0 saturated heterocycles. The third-order valence-corrected chi connectivity index (χ3v) is 4.32. The van der Waals surface area contributed by atoms with Crippen LogP contribution in [0.3, 0.4) is 0 Å². The molecule has 0 fully saturated rings. The summed E-state index contributed by atoms with van der Waals surface area (Å²) in [6.45, 7) is 5.01. The van der Waals surface area contributed by atoms with Gasteiger partial charge in [-0.2, -0.15) is 35.1 Å². The Kier molecular flexibility index (Phi) is 14.2. The van der Waals surface area contributed by atoms with Crippen LogP contribution in [0, 0.1) is 0 Å². The molecule has 0 heterocycles. The lowest BCUT2D eigenvalue weighted by molar-refractivity contribution is -0.422. The van der Waals surface area contributed by atoms with Gasteiger partial charge in [0.25, 0.3) is 0 Å². The summed E-state index contributed by atoms with van der Waals surface area (Å²) < 4.78 is 116. The van der Waals surface area contributed by atoms with Gasteiger partial charge in [-0.25, -0.2) is 9.18 Å². The van der Waals surface area contributed by atoms with Crippen molar-refractivity contribution in [2.24, 2.45) is 0 Å². The van der Waals surface area contributed by atoms with E-state index in [9.17, 15) is 44.3 Å². The Hall–Kier alpha value is -1.46. The zero-order valence-electron chi connectivity index (χ0n) is 17.1. The van der Waals surface area contributed by atoms with E-state index in [-0.39, 0.29) is 12.8 Å². The van der Waals surface area contributed by atoms with Gasteiger partial charge in [0.05, 0.1) is 0 Å². The zero-order chi connectivity index (χ0) is 24.9. The molecule has 0 radical (unpaired) electrons. The summed E-state index contributed by atoms with van der Waals surface area (Å²) in [6, 6.07) is 0. The maximum absolute atomic E-state index is 13.4. The van der Waals surface area contributed by atoms with Crippen LogP contribution in [-0.2, 0) is 4.79 Å². The molecule has 0 bridgehead atoms. The summed E-state index contributed by atoms with van der Waals surface area (Å²) >= 11 is 0. The molecule has 2 N–H and O–H groups in total. The minimum atomic E-state index is -6.81. The molecule has 0 saturated carbocycles. The number of carboxylic acid groups (broad SMARTS) is 1. The van der Waals surface area contributed by atoms with E-state index in [1.807, 2.05) is 6.92 Å². The van der Waals surface area contributed by atoms with Crippen molar-refractivity contribution in [2.75, 3.05) is 0 Å². The van der Waals surface area contributed by atoms with Gasteiger partial charge in [0.15, 0.2) is 6.17 Å². The molecule has 0 aliphatic heterocycles. The van der Waals surface area contributed by atoms with Gasteiger partial charge in [0, 0.05) is 6.08 Å². The Morgan fingerprint density at radius 1 is 0.839 bits per heavy atom. The first-order valence-electron chi connectivity index (χ1n) is 9.73. The fourth-order valence-corrected chi connectivity index (χ4v) is 2.41. The van der Waals surface area contributed by atoms with E-state index in [0.29, 0.717) is 6.42 Å². The van der Waals surface area contributed by atoms with E-state index in [4.69, 9.17) is 10.2 Å². The second-order valence-corrected chi connectivity index (χ2v) is 6.94. The summed E-state index contributed by atoms with van der Waals surface area (Å²) in [5.74, 6) is -20.6. The highest BCUT2D eigenvalue weighted by atomic mass is 19.4. The van der Waals surface area contributed by atoms with E-state index in [1.165, 1.54) is 0 Å². The topological polar surface area (TPSA) is 57.5 Å². The average molecular weight is 476 g/mol. The lowest BCUT2D eigenvalue weighted by Gasteiger charge is -2.35. The number of carbonyl (C=O) groups is 1.